The molecule has 0 aliphatic heterocycles. The highest BCUT2D eigenvalue weighted by molar-refractivity contribution is 5.80. The van der Waals surface area contributed by atoms with Crippen molar-refractivity contribution in [3.63, 3.8) is 0 Å². The van der Waals surface area contributed by atoms with E-state index in [-0.39, 0.29) is 17.2 Å². The molecule has 5 nitrogen and oxygen atoms in total. The Morgan fingerprint density at radius 1 is 1.08 bits per heavy atom. The van der Waals surface area contributed by atoms with Crippen molar-refractivity contribution in [3.05, 3.63) is 59.7 Å². The van der Waals surface area contributed by atoms with Gasteiger partial charge in [-0.2, -0.15) is 0 Å². The van der Waals surface area contributed by atoms with Crippen molar-refractivity contribution < 1.29 is 24.1 Å². The molecule has 0 fully saturated rings. The quantitative estimate of drug-likeness (QED) is 0.902. The summed E-state index contributed by atoms with van der Waals surface area (Å²) in [5.74, 6) is -1.13. The van der Waals surface area contributed by atoms with Crippen LogP contribution in [0.15, 0.2) is 48.5 Å². The molecule has 1 aliphatic rings. The molecular weight excluding hydrogens is 313 g/mol. The zero-order chi connectivity index (χ0) is 16.4. The Morgan fingerprint density at radius 3 is 2.08 bits per heavy atom. The Hall–Kier alpha value is -2.89. The second-order valence-corrected chi connectivity index (χ2v) is 5.53. The van der Waals surface area contributed by atoms with Crippen LogP contribution in [0.2, 0.25) is 0 Å². The van der Waals surface area contributed by atoms with E-state index < -0.39 is 18.1 Å². The van der Waals surface area contributed by atoms with Crippen molar-refractivity contribution >= 4 is 12.1 Å². The molecule has 1 amide bonds. The predicted molar refractivity (Wildman–Crippen MR) is 87.8 cm³/mol. The number of nitrogens with one attached hydrogen (secondary N) is 1. The van der Waals surface area contributed by atoms with Gasteiger partial charge in [0, 0.05) is 5.92 Å². The third-order valence-corrected chi connectivity index (χ3v) is 4.05. The summed E-state index contributed by atoms with van der Waals surface area (Å²) in [5.41, 5.74) is 4.53. The lowest BCUT2D eigenvalue weighted by Gasteiger charge is -2.15. The molecule has 0 heterocycles. The summed E-state index contributed by atoms with van der Waals surface area (Å²) in [6.07, 6.45) is -0.721. The second-order valence-electron chi connectivity index (χ2n) is 5.53. The Labute approximate surface area is 138 Å². The first-order valence-corrected chi connectivity index (χ1v) is 7.42. The standard InChI is InChI=1S/C18H17NO4.FH/c1-11(17(20)21)19-18(22)23-10-16-14-8-4-2-6-12(14)13-7-3-5-9-15(13)16;/h2-9,11,16H,10H2,1H3,(H,19,22)(H,20,21);1H/t11-;/m0./s1. The van der Waals surface area contributed by atoms with Crippen LogP contribution in [0.3, 0.4) is 0 Å². The van der Waals surface area contributed by atoms with Crippen LogP contribution in [-0.4, -0.2) is 29.8 Å². The SMILES string of the molecule is C[C@H](NC(=O)OCC1c2ccccc2-c2ccccc21)C(=O)O.F. The van der Waals surface area contributed by atoms with E-state index in [1.165, 1.54) is 6.92 Å². The number of carbonyl (C=O) groups is 2. The fraction of sp³-hybridized carbons (Fsp3) is 0.222. The molecule has 1 atom stereocenters. The minimum absolute atomic E-state index is 0. The van der Waals surface area contributed by atoms with Gasteiger partial charge in [-0.05, 0) is 29.2 Å². The number of alkyl carbamates (subject to hydrolysis) is 1. The van der Waals surface area contributed by atoms with E-state index in [9.17, 15) is 9.59 Å². The number of hydrogen-bond donors (Lipinski definition) is 2. The van der Waals surface area contributed by atoms with Crippen LogP contribution in [0.4, 0.5) is 9.50 Å². The third-order valence-electron chi connectivity index (χ3n) is 4.05. The van der Waals surface area contributed by atoms with E-state index in [4.69, 9.17) is 9.84 Å². The molecule has 0 spiro atoms. The van der Waals surface area contributed by atoms with E-state index in [1.807, 2.05) is 36.4 Å². The molecule has 0 saturated carbocycles. The van der Waals surface area contributed by atoms with Crippen molar-refractivity contribution in [1.29, 1.82) is 0 Å². The Bertz CT molecular complexity index is 717. The van der Waals surface area contributed by atoms with E-state index in [1.54, 1.807) is 0 Å². The number of halogens is 1. The van der Waals surface area contributed by atoms with Gasteiger partial charge in [0.2, 0.25) is 0 Å². The topological polar surface area (TPSA) is 75.6 Å². The monoisotopic (exact) mass is 331 g/mol. The van der Waals surface area contributed by atoms with Gasteiger partial charge in [0.25, 0.3) is 0 Å². The van der Waals surface area contributed by atoms with Gasteiger partial charge >= 0.3 is 12.1 Å². The smallest absolute Gasteiger partial charge is 0.407 e. The molecular formula is C18H18FNO4. The average Bonchev–Trinajstić information content (AvgIpc) is 2.87. The van der Waals surface area contributed by atoms with Gasteiger partial charge in [0.05, 0.1) is 0 Å². The largest absolute Gasteiger partial charge is 0.480 e. The Morgan fingerprint density at radius 2 is 1.58 bits per heavy atom. The van der Waals surface area contributed by atoms with Crippen molar-refractivity contribution in [1.82, 2.24) is 5.32 Å². The van der Waals surface area contributed by atoms with E-state index in [0.29, 0.717) is 0 Å². The van der Waals surface area contributed by atoms with E-state index in [0.717, 1.165) is 22.3 Å². The number of benzene rings is 2. The molecule has 0 aromatic heterocycles. The van der Waals surface area contributed by atoms with Gasteiger partial charge in [-0.1, -0.05) is 48.5 Å². The number of hydrogen-bond acceptors (Lipinski definition) is 3. The van der Waals surface area contributed by atoms with Crippen LogP contribution >= 0.6 is 0 Å². The number of amides is 1. The van der Waals surface area contributed by atoms with Crippen LogP contribution in [0.1, 0.15) is 24.0 Å². The number of ether oxygens (including phenoxy) is 1. The summed E-state index contributed by atoms with van der Waals surface area (Å²) >= 11 is 0. The third kappa shape index (κ3) is 3.22. The molecule has 2 N–H and O–H groups in total. The van der Waals surface area contributed by atoms with Crippen LogP contribution in [0.25, 0.3) is 11.1 Å². The zero-order valence-corrected chi connectivity index (χ0v) is 13.1. The number of fused-ring (bicyclic) bond motifs is 3. The van der Waals surface area contributed by atoms with Crippen molar-refractivity contribution in [2.75, 3.05) is 6.61 Å². The van der Waals surface area contributed by atoms with Gasteiger partial charge in [-0.15, -0.1) is 0 Å². The molecule has 24 heavy (non-hydrogen) atoms. The summed E-state index contributed by atoms with van der Waals surface area (Å²) in [6.45, 7) is 1.57. The highest BCUT2D eigenvalue weighted by Gasteiger charge is 2.29. The highest BCUT2D eigenvalue weighted by Crippen LogP contribution is 2.44. The van der Waals surface area contributed by atoms with Crippen LogP contribution < -0.4 is 5.32 Å². The molecule has 126 valence electrons. The molecule has 0 radical (unpaired) electrons. The van der Waals surface area contributed by atoms with Crippen LogP contribution in [0.5, 0.6) is 0 Å². The number of carboxylic acids is 1. The number of aliphatic carboxylic acids is 1. The minimum Gasteiger partial charge on any atom is -0.480 e. The van der Waals surface area contributed by atoms with Crippen LogP contribution in [-0.2, 0) is 9.53 Å². The lowest BCUT2D eigenvalue weighted by molar-refractivity contribution is -0.138. The maximum Gasteiger partial charge on any atom is 0.407 e. The molecule has 0 saturated heterocycles. The average molecular weight is 331 g/mol. The summed E-state index contributed by atoms with van der Waals surface area (Å²) in [5, 5.41) is 11.1. The van der Waals surface area contributed by atoms with Gasteiger partial charge in [-0.3, -0.25) is 9.50 Å². The second kappa shape index (κ2) is 7.12. The Kier molecular flexibility index (Phi) is 5.18. The van der Waals surface area contributed by atoms with Crippen LogP contribution in [0, 0.1) is 0 Å². The summed E-state index contributed by atoms with van der Waals surface area (Å²) < 4.78 is 5.25. The van der Waals surface area contributed by atoms with Gasteiger partial charge in [0.1, 0.15) is 12.6 Å². The minimum atomic E-state index is -1.10. The molecule has 2 aromatic carbocycles. The van der Waals surface area contributed by atoms with Crippen molar-refractivity contribution in [2.24, 2.45) is 0 Å². The lowest BCUT2D eigenvalue weighted by Crippen LogP contribution is -2.39. The molecule has 6 heteroatoms. The number of rotatable bonds is 4. The maximum absolute atomic E-state index is 11.7. The lowest BCUT2D eigenvalue weighted by atomic mass is 9.98. The van der Waals surface area contributed by atoms with Gasteiger partial charge in [0.15, 0.2) is 0 Å². The van der Waals surface area contributed by atoms with E-state index in [2.05, 4.69) is 17.4 Å². The number of carboxylic acid groups (broad SMARTS) is 1. The van der Waals surface area contributed by atoms with Crippen molar-refractivity contribution in [2.45, 2.75) is 18.9 Å². The predicted octanol–water partition coefficient (Wildman–Crippen LogP) is 3.15. The van der Waals surface area contributed by atoms with E-state index >= 15 is 0 Å². The molecule has 0 bridgehead atoms. The number of carbonyl (C=O) groups excluding carboxylic acids is 1. The van der Waals surface area contributed by atoms with Gasteiger partial charge < -0.3 is 15.2 Å². The summed E-state index contributed by atoms with van der Waals surface area (Å²) in [6, 6.07) is 15.1. The van der Waals surface area contributed by atoms with Crippen molar-refractivity contribution in [3.8, 4) is 11.1 Å². The fourth-order valence-corrected chi connectivity index (χ4v) is 2.88. The molecule has 1 aliphatic carbocycles. The molecule has 2 aromatic rings. The maximum atomic E-state index is 11.7. The summed E-state index contributed by atoms with van der Waals surface area (Å²) in [7, 11) is 0. The van der Waals surface area contributed by atoms with Gasteiger partial charge in [-0.25, -0.2) is 4.79 Å². The normalized spacial score (nSPS) is 13.2. The molecule has 3 rings (SSSR count). The first kappa shape index (κ1) is 17.5. The first-order valence-electron chi connectivity index (χ1n) is 7.42. The fourth-order valence-electron chi connectivity index (χ4n) is 2.88. The first-order chi connectivity index (χ1) is 11.1. The highest BCUT2D eigenvalue weighted by atomic mass is 19.0. The zero-order valence-electron chi connectivity index (χ0n) is 13.1. The molecule has 0 unspecified atom stereocenters. The summed E-state index contributed by atoms with van der Waals surface area (Å²) in [4.78, 5) is 22.5. The Balaban J connectivity index is 0.00000208.